The SMILES string of the molecule is CN(C)CCN1C(=O)CCC1CCNc1ncc(F)c(N(C)C)n1. The minimum Gasteiger partial charge on any atom is -0.360 e. The number of anilines is 2. The van der Waals surface area contributed by atoms with E-state index in [4.69, 9.17) is 0 Å². The Morgan fingerprint density at radius 2 is 2.12 bits per heavy atom. The van der Waals surface area contributed by atoms with Gasteiger partial charge in [0, 0.05) is 46.2 Å². The van der Waals surface area contributed by atoms with Gasteiger partial charge < -0.3 is 20.0 Å². The molecule has 0 aromatic carbocycles. The Kier molecular flexibility index (Phi) is 6.30. The molecular formula is C16H27FN6O. The summed E-state index contributed by atoms with van der Waals surface area (Å²) in [7, 11) is 7.49. The number of rotatable bonds is 8. The van der Waals surface area contributed by atoms with Crippen molar-refractivity contribution in [3.05, 3.63) is 12.0 Å². The standard InChI is InChI=1S/C16H27FN6O/c1-21(2)9-10-23-12(5-6-14(23)24)7-8-18-16-19-11-13(17)15(20-16)22(3)4/h11-12H,5-10H2,1-4H3,(H,18,19,20). The summed E-state index contributed by atoms with van der Waals surface area (Å²) in [6, 6.07) is 0.249. The average Bonchev–Trinajstić information content (AvgIpc) is 2.87. The van der Waals surface area contributed by atoms with Crippen molar-refractivity contribution in [2.45, 2.75) is 25.3 Å². The lowest BCUT2D eigenvalue weighted by Crippen LogP contribution is -2.39. The zero-order valence-electron chi connectivity index (χ0n) is 14.9. The normalized spacial score (nSPS) is 17.7. The third-order valence-corrected chi connectivity index (χ3v) is 4.15. The van der Waals surface area contributed by atoms with Crippen molar-refractivity contribution in [2.75, 3.05) is 58.0 Å². The van der Waals surface area contributed by atoms with Crippen LogP contribution in [0.15, 0.2) is 6.20 Å². The van der Waals surface area contributed by atoms with Crippen molar-refractivity contribution >= 4 is 17.7 Å². The first kappa shape index (κ1) is 18.4. The lowest BCUT2D eigenvalue weighted by Gasteiger charge is -2.26. The first-order chi connectivity index (χ1) is 11.4. The van der Waals surface area contributed by atoms with Gasteiger partial charge in [-0.15, -0.1) is 0 Å². The summed E-state index contributed by atoms with van der Waals surface area (Å²) in [5.41, 5.74) is 0. The number of likely N-dealkylation sites (N-methyl/N-ethyl adjacent to an activating group) is 1. The summed E-state index contributed by atoms with van der Waals surface area (Å²) in [5.74, 6) is 0.456. The monoisotopic (exact) mass is 338 g/mol. The zero-order chi connectivity index (χ0) is 17.7. The molecule has 1 aliphatic rings. The number of halogens is 1. The molecule has 1 aromatic rings. The van der Waals surface area contributed by atoms with Crippen molar-refractivity contribution in [3.63, 3.8) is 0 Å². The maximum absolute atomic E-state index is 13.6. The van der Waals surface area contributed by atoms with Crippen molar-refractivity contribution < 1.29 is 9.18 Å². The maximum Gasteiger partial charge on any atom is 0.224 e. The number of nitrogens with zero attached hydrogens (tertiary/aromatic N) is 5. The first-order valence-corrected chi connectivity index (χ1v) is 8.26. The third-order valence-electron chi connectivity index (χ3n) is 4.15. The number of amides is 1. The van der Waals surface area contributed by atoms with E-state index >= 15 is 0 Å². The highest BCUT2D eigenvalue weighted by Gasteiger charge is 2.30. The van der Waals surface area contributed by atoms with Gasteiger partial charge in [-0.3, -0.25) is 4.79 Å². The summed E-state index contributed by atoms with van der Waals surface area (Å²) in [6.45, 7) is 2.27. The molecule has 0 aliphatic carbocycles. The van der Waals surface area contributed by atoms with Gasteiger partial charge in [-0.25, -0.2) is 9.37 Å². The van der Waals surface area contributed by atoms with Crippen LogP contribution in [-0.2, 0) is 4.79 Å². The molecule has 1 fully saturated rings. The molecule has 7 nitrogen and oxygen atoms in total. The average molecular weight is 338 g/mol. The van der Waals surface area contributed by atoms with Crippen LogP contribution in [0, 0.1) is 5.82 Å². The smallest absolute Gasteiger partial charge is 0.224 e. The Morgan fingerprint density at radius 3 is 2.79 bits per heavy atom. The van der Waals surface area contributed by atoms with E-state index in [-0.39, 0.29) is 17.8 Å². The van der Waals surface area contributed by atoms with Crippen LogP contribution < -0.4 is 10.2 Å². The molecular weight excluding hydrogens is 311 g/mol. The van der Waals surface area contributed by atoms with Crippen molar-refractivity contribution in [1.82, 2.24) is 19.8 Å². The minimum atomic E-state index is -0.443. The number of carbonyl (C=O) groups is 1. The maximum atomic E-state index is 13.6. The fraction of sp³-hybridized carbons (Fsp3) is 0.688. The Bertz CT molecular complexity index is 565. The molecule has 134 valence electrons. The molecule has 8 heteroatoms. The van der Waals surface area contributed by atoms with E-state index in [1.807, 2.05) is 19.0 Å². The molecule has 1 saturated heterocycles. The topological polar surface area (TPSA) is 64.6 Å². The number of hydrogen-bond donors (Lipinski definition) is 1. The van der Waals surface area contributed by atoms with Gasteiger partial charge in [0.1, 0.15) is 0 Å². The summed E-state index contributed by atoms with van der Waals surface area (Å²) >= 11 is 0. The molecule has 0 bridgehead atoms. The number of aromatic nitrogens is 2. The first-order valence-electron chi connectivity index (χ1n) is 8.26. The van der Waals surface area contributed by atoms with E-state index < -0.39 is 5.82 Å². The van der Waals surface area contributed by atoms with E-state index in [9.17, 15) is 9.18 Å². The molecule has 1 aliphatic heterocycles. The van der Waals surface area contributed by atoms with E-state index in [1.54, 1.807) is 19.0 Å². The van der Waals surface area contributed by atoms with Gasteiger partial charge in [0.05, 0.1) is 6.20 Å². The molecule has 0 spiro atoms. The van der Waals surface area contributed by atoms with E-state index in [2.05, 4.69) is 20.2 Å². The highest BCUT2D eigenvalue weighted by atomic mass is 19.1. The second kappa shape index (κ2) is 8.23. The van der Waals surface area contributed by atoms with Crippen molar-refractivity contribution in [2.24, 2.45) is 0 Å². The predicted octanol–water partition coefficient (Wildman–Crippen LogP) is 1.04. The van der Waals surface area contributed by atoms with Crippen LogP contribution in [0.5, 0.6) is 0 Å². The molecule has 1 atom stereocenters. The molecule has 0 saturated carbocycles. The minimum absolute atomic E-state index is 0.231. The van der Waals surface area contributed by atoms with Gasteiger partial charge in [0.15, 0.2) is 11.6 Å². The van der Waals surface area contributed by atoms with Gasteiger partial charge in [-0.1, -0.05) is 0 Å². The van der Waals surface area contributed by atoms with Gasteiger partial charge in [0.2, 0.25) is 11.9 Å². The number of nitrogens with one attached hydrogen (secondary N) is 1. The van der Waals surface area contributed by atoms with Crippen LogP contribution in [0.25, 0.3) is 0 Å². The van der Waals surface area contributed by atoms with E-state index in [0.717, 1.165) is 25.9 Å². The number of likely N-dealkylation sites (tertiary alicyclic amines) is 1. The Morgan fingerprint density at radius 1 is 1.38 bits per heavy atom. The zero-order valence-corrected chi connectivity index (χ0v) is 14.9. The van der Waals surface area contributed by atoms with Crippen LogP contribution in [0.1, 0.15) is 19.3 Å². The summed E-state index contributed by atoms with van der Waals surface area (Å²) in [4.78, 5) is 25.8. The predicted molar refractivity (Wildman–Crippen MR) is 92.7 cm³/mol. The van der Waals surface area contributed by atoms with Crippen LogP contribution in [0.4, 0.5) is 16.2 Å². The van der Waals surface area contributed by atoms with Crippen LogP contribution >= 0.6 is 0 Å². The molecule has 24 heavy (non-hydrogen) atoms. The summed E-state index contributed by atoms with van der Waals surface area (Å²) < 4.78 is 13.6. The molecule has 1 amide bonds. The lowest BCUT2D eigenvalue weighted by molar-refractivity contribution is -0.129. The number of hydrogen-bond acceptors (Lipinski definition) is 6. The molecule has 2 heterocycles. The largest absolute Gasteiger partial charge is 0.360 e. The van der Waals surface area contributed by atoms with Gasteiger partial charge >= 0.3 is 0 Å². The van der Waals surface area contributed by atoms with Crippen LogP contribution in [0.3, 0.4) is 0 Å². The fourth-order valence-corrected chi connectivity index (χ4v) is 2.82. The highest BCUT2D eigenvalue weighted by Crippen LogP contribution is 2.21. The molecule has 1 N–H and O–H groups in total. The highest BCUT2D eigenvalue weighted by molar-refractivity contribution is 5.78. The Balaban J connectivity index is 1.87. The van der Waals surface area contributed by atoms with Crippen molar-refractivity contribution in [3.8, 4) is 0 Å². The molecule has 2 rings (SSSR count). The van der Waals surface area contributed by atoms with E-state index in [0.29, 0.717) is 18.9 Å². The van der Waals surface area contributed by atoms with Gasteiger partial charge in [0.25, 0.3) is 0 Å². The second-order valence-corrected chi connectivity index (χ2v) is 6.56. The van der Waals surface area contributed by atoms with Gasteiger partial charge in [-0.2, -0.15) is 4.98 Å². The number of carbonyl (C=O) groups excluding carboxylic acids is 1. The second-order valence-electron chi connectivity index (χ2n) is 6.56. The Hall–Kier alpha value is -1.96. The van der Waals surface area contributed by atoms with Crippen molar-refractivity contribution in [1.29, 1.82) is 0 Å². The summed E-state index contributed by atoms with van der Waals surface area (Å²) in [6.07, 6.45) is 3.52. The molecule has 1 unspecified atom stereocenters. The van der Waals surface area contributed by atoms with Crippen LogP contribution in [0.2, 0.25) is 0 Å². The summed E-state index contributed by atoms with van der Waals surface area (Å²) in [5, 5.41) is 3.13. The van der Waals surface area contributed by atoms with Gasteiger partial charge in [-0.05, 0) is 26.9 Å². The quantitative estimate of drug-likeness (QED) is 0.764. The fourth-order valence-electron chi connectivity index (χ4n) is 2.82. The van der Waals surface area contributed by atoms with E-state index in [1.165, 1.54) is 6.20 Å². The molecule has 1 aromatic heterocycles. The third kappa shape index (κ3) is 4.77. The molecule has 0 radical (unpaired) electrons. The lowest BCUT2D eigenvalue weighted by atomic mass is 10.1. The Labute approximate surface area is 142 Å². The van der Waals surface area contributed by atoms with Crippen LogP contribution in [-0.4, -0.2) is 79.5 Å².